The summed E-state index contributed by atoms with van der Waals surface area (Å²) in [5.41, 5.74) is 2.67. The van der Waals surface area contributed by atoms with Crippen LogP contribution >= 0.6 is 0 Å². The van der Waals surface area contributed by atoms with Gasteiger partial charge in [-0.05, 0) is 69.1 Å². The van der Waals surface area contributed by atoms with Crippen molar-refractivity contribution in [3.8, 4) is 5.75 Å². The highest BCUT2D eigenvalue weighted by Gasteiger charge is 2.29. The molecule has 0 bridgehead atoms. The van der Waals surface area contributed by atoms with Crippen LogP contribution in [0.2, 0.25) is 0 Å². The van der Waals surface area contributed by atoms with Crippen LogP contribution in [0.15, 0.2) is 24.3 Å². The molecule has 0 aliphatic heterocycles. The van der Waals surface area contributed by atoms with Gasteiger partial charge in [0.25, 0.3) is 0 Å². The Morgan fingerprint density at radius 3 is 2.59 bits per heavy atom. The fourth-order valence-electron chi connectivity index (χ4n) is 4.14. The number of methoxy groups -OCH3 is 1. The third kappa shape index (κ3) is 8.76. The minimum absolute atomic E-state index is 0.00597. The van der Waals surface area contributed by atoms with Crippen LogP contribution in [0.3, 0.4) is 0 Å². The van der Waals surface area contributed by atoms with Crippen molar-refractivity contribution in [3.63, 3.8) is 0 Å². The van der Waals surface area contributed by atoms with Gasteiger partial charge in [0, 0.05) is 18.4 Å². The average molecular weight is 451 g/mol. The standard InChI is InChI=1S/C24H38N2O6/c1-4-31-16-32-15-21(25-23(27)19-10-8-17(2)9-11-19)14-20(24(28)26-29)12-18-6-5-7-22(13-18)30-3/h5-7,13,17,19-21,29H,4,8-12,14-16H2,1-3H3,(H,25,27)(H,26,28)/t17-,19-,20-,21-/m0/s1. The summed E-state index contributed by atoms with van der Waals surface area (Å²) >= 11 is 0. The van der Waals surface area contributed by atoms with Gasteiger partial charge in [0.15, 0.2) is 0 Å². The maximum absolute atomic E-state index is 12.9. The third-order valence-corrected chi connectivity index (χ3v) is 6.09. The molecule has 0 aromatic heterocycles. The van der Waals surface area contributed by atoms with Crippen LogP contribution in [-0.4, -0.2) is 50.2 Å². The molecule has 2 amide bonds. The van der Waals surface area contributed by atoms with Crippen molar-refractivity contribution < 1.29 is 29.0 Å². The third-order valence-electron chi connectivity index (χ3n) is 6.09. The van der Waals surface area contributed by atoms with Crippen LogP contribution in [0.1, 0.15) is 51.5 Å². The van der Waals surface area contributed by atoms with E-state index in [1.807, 2.05) is 31.2 Å². The van der Waals surface area contributed by atoms with Crippen LogP contribution in [0, 0.1) is 17.8 Å². The molecule has 1 aromatic carbocycles. The number of hydrogen-bond acceptors (Lipinski definition) is 6. The first-order valence-corrected chi connectivity index (χ1v) is 11.5. The zero-order chi connectivity index (χ0) is 23.3. The monoisotopic (exact) mass is 450 g/mol. The Morgan fingerprint density at radius 2 is 1.94 bits per heavy atom. The second kappa shape index (κ2) is 14.1. The lowest BCUT2D eigenvalue weighted by atomic mass is 9.82. The van der Waals surface area contributed by atoms with Gasteiger partial charge in [0.05, 0.1) is 19.8 Å². The fraction of sp³-hybridized carbons (Fsp3) is 0.667. The first kappa shape index (κ1) is 26.1. The number of rotatable bonds is 13. The maximum Gasteiger partial charge on any atom is 0.246 e. The molecule has 2 rings (SSSR count). The molecule has 0 spiro atoms. The molecule has 1 aliphatic rings. The number of carbonyl (C=O) groups excluding carboxylic acids is 2. The van der Waals surface area contributed by atoms with E-state index in [-0.39, 0.29) is 31.3 Å². The Morgan fingerprint density at radius 1 is 1.19 bits per heavy atom. The molecular formula is C24H38N2O6. The summed E-state index contributed by atoms with van der Waals surface area (Å²) in [5.74, 6) is 0.297. The normalized spacial score (nSPS) is 20.2. The molecule has 3 N–H and O–H groups in total. The molecule has 8 nitrogen and oxygen atoms in total. The number of nitrogens with one attached hydrogen (secondary N) is 2. The Labute approximate surface area is 191 Å². The highest BCUT2D eigenvalue weighted by Crippen LogP contribution is 2.28. The number of carbonyl (C=O) groups is 2. The van der Waals surface area contributed by atoms with Gasteiger partial charge >= 0.3 is 0 Å². The predicted molar refractivity (Wildman–Crippen MR) is 120 cm³/mol. The predicted octanol–water partition coefficient (Wildman–Crippen LogP) is 3.07. The van der Waals surface area contributed by atoms with Crippen molar-refractivity contribution in [2.24, 2.45) is 17.8 Å². The molecule has 32 heavy (non-hydrogen) atoms. The quantitative estimate of drug-likeness (QED) is 0.185. The number of hydroxylamine groups is 1. The second-order valence-electron chi connectivity index (χ2n) is 8.61. The van der Waals surface area contributed by atoms with Gasteiger partial charge in [-0.25, -0.2) is 5.48 Å². The lowest BCUT2D eigenvalue weighted by Gasteiger charge is -2.29. The van der Waals surface area contributed by atoms with E-state index in [1.54, 1.807) is 12.6 Å². The van der Waals surface area contributed by atoms with Crippen molar-refractivity contribution in [3.05, 3.63) is 29.8 Å². The second-order valence-corrected chi connectivity index (χ2v) is 8.61. The van der Waals surface area contributed by atoms with E-state index in [0.717, 1.165) is 31.2 Å². The van der Waals surface area contributed by atoms with Crippen LogP contribution in [-0.2, 0) is 25.5 Å². The molecule has 180 valence electrons. The Kier molecular flexibility index (Phi) is 11.5. The van der Waals surface area contributed by atoms with Crippen molar-refractivity contribution in [1.29, 1.82) is 0 Å². The van der Waals surface area contributed by atoms with E-state index < -0.39 is 11.8 Å². The van der Waals surface area contributed by atoms with Gasteiger partial charge in [-0.2, -0.15) is 0 Å². The van der Waals surface area contributed by atoms with Crippen LogP contribution < -0.4 is 15.5 Å². The molecule has 1 saturated carbocycles. The first-order chi connectivity index (χ1) is 15.5. The van der Waals surface area contributed by atoms with Crippen molar-refractivity contribution in [2.45, 2.75) is 58.4 Å². The number of amides is 2. The SMILES string of the molecule is CCOCOC[C@H](C[C@H](Cc1cccc(OC)c1)C(=O)NO)NC(=O)[C@H]1CC[C@H](C)CC1. The lowest BCUT2D eigenvalue weighted by molar-refractivity contribution is -0.135. The van der Waals surface area contributed by atoms with E-state index in [4.69, 9.17) is 14.2 Å². The summed E-state index contributed by atoms with van der Waals surface area (Å²) in [6, 6.07) is 7.08. The van der Waals surface area contributed by atoms with Crippen molar-refractivity contribution >= 4 is 11.8 Å². The van der Waals surface area contributed by atoms with E-state index in [0.29, 0.717) is 31.1 Å². The molecule has 8 heteroatoms. The largest absolute Gasteiger partial charge is 0.497 e. The van der Waals surface area contributed by atoms with Gasteiger partial charge in [0.2, 0.25) is 11.8 Å². The van der Waals surface area contributed by atoms with Crippen LogP contribution in [0.25, 0.3) is 0 Å². The zero-order valence-electron chi connectivity index (χ0n) is 19.5. The summed E-state index contributed by atoms with van der Waals surface area (Å²) in [6.07, 6.45) is 4.57. The molecule has 0 radical (unpaired) electrons. The fourth-order valence-corrected chi connectivity index (χ4v) is 4.14. The van der Waals surface area contributed by atoms with Crippen LogP contribution in [0.5, 0.6) is 5.75 Å². The molecule has 1 fully saturated rings. The molecule has 1 aromatic rings. The Balaban J connectivity index is 2.07. The molecule has 2 atom stereocenters. The van der Waals surface area contributed by atoms with Gasteiger partial charge < -0.3 is 19.5 Å². The summed E-state index contributed by atoms with van der Waals surface area (Å²) in [5, 5.41) is 12.4. The van der Waals surface area contributed by atoms with E-state index in [2.05, 4.69) is 12.2 Å². The van der Waals surface area contributed by atoms with Crippen molar-refractivity contribution in [2.75, 3.05) is 27.1 Å². The molecule has 0 heterocycles. The van der Waals surface area contributed by atoms with E-state index in [1.165, 1.54) is 0 Å². The Hall–Kier alpha value is -2.16. The summed E-state index contributed by atoms with van der Waals surface area (Å²) < 4.78 is 16.1. The lowest BCUT2D eigenvalue weighted by Crippen LogP contribution is -2.45. The van der Waals surface area contributed by atoms with Gasteiger partial charge in [-0.3, -0.25) is 14.8 Å². The molecule has 0 unspecified atom stereocenters. The number of hydrogen-bond donors (Lipinski definition) is 3. The summed E-state index contributed by atoms with van der Waals surface area (Å²) in [4.78, 5) is 25.3. The Bertz CT molecular complexity index is 705. The summed E-state index contributed by atoms with van der Waals surface area (Å²) in [6.45, 7) is 4.97. The first-order valence-electron chi connectivity index (χ1n) is 11.5. The number of ether oxygens (including phenoxy) is 3. The molecular weight excluding hydrogens is 412 g/mol. The molecule has 1 aliphatic carbocycles. The highest BCUT2D eigenvalue weighted by atomic mass is 16.7. The summed E-state index contributed by atoms with van der Waals surface area (Å²) in [7, 11) is 1.59. The van der Waals surface area contributed by atoms with Gasteiger partial charge in [-0.15, -0.1) is 0 Å². The topological polar surface area (TPSA) is 106 Å². The zero-order valence-corrected chi connectivity index (χ0v) is 19.5. The van der Waals surface area contributed by atoms with E-state index in [9.17, 15) is 14.8 Å². The molecule has 0 saturated heterocycles. The van der Waals surface area contributed by atoms with Crippen LogP contribution in [0.4, 0.5) is 0 Å². The maximum atomic E-state index is 12.9. The van der Waals surface area contributed by atoms with E-state index >= 15 is 0 Å². The minimum atomic E-state index is -0.556. The number of benzene rings is 1. The average Bonchev–Trinajstić information content (AvgIpc) is 2.81. The van der Waals surface area contributed by atoms with Gasteiger partial charge in [-0.1, -0.05) is 19.1 Å². The van der Waals surface area contributed by atoms with Gasteiger partial charge in [0.1, 0.15) is 12.5 Å². The smallest absolute Gasteiger partial charge is 0.246 e. The minimum Gasteiger partial charge on any atom is -0.497 e. The van der Waals surface area contributed by atoms with Crippen molar-refractivity contribution in [1.82, 2.24) is 10.8 Å². The highest BCUT2D eigenvalue weighted by molar-refractivity contribution is 5.80.